The Morgan fingerprint density at radius 2 is 1.03 bits per heavy atom. The lowest BCUT2D eigenvalue weighted by Crippen LogP contribution is -2.43. The molecule has 156 valence electrons. The summed E-state index contributed by atoms with van der Waals surface area (Å²) in [7, 11) is 0. The highest BCUT2D eigenvalue weighted by Crippen LogP contribution is 2.16. The van der Waals surface area contributed by atoms with Gasteiger partial charge in [-0.05, 0) is 16.7 Å². The molecule has 3 aromatic carbocycles. The molecule has 0 bridgehead atoms. The highest BCUT2D eigenvalue weighted by atomic mass is 16.6. The maximum Gasteiger partial charge on any atom is 0.184 e. The van der Waals surface area contributed by atoms with Crippen LogP contribution in [0.2, 0.25) is 0 Å². The highest BCUT2D eigenvalue weighted by Gasteiger charge is 2.31. The summed E-state index contributed by atoms with van der Waals surface area (Å²) in [5.74, 6) is 0. The molecule has 0 aliphatic heterocycles. The third kappa shape index (κ3) is 6.90. The third-order valence-electron chi connectivity index (χ3n) is 4.57. The molecule has 0 aromatic heterocycles. The molecule has 5 heteroatoms. The quantitative estimate of drug-likeness (QED) is 0.365. The van der Waals surface area contributed by atoms with E-state index in [0.717, 1.165) is 16.7 Å². The Morgan fingerprint density at radius 1 is 0.633 bits per heavy atom. The van der Waals surface area contributed by atoms with Crippen LogP contribution in [0.3, 0.4) is 0 Å². The minimum absolute atomic E-state index is 0.192. The predicted molar refractivity (Wildman–Crippen MR) is 113 cm³/mol. The van der Waals surface area contributed by atoms with Gasteiger partial charge in [0.1, 0.15) is 12.2 Å². The van der Waals surface area contributed by atoms with Gasteiger partial charge in [-0.2, -0.15) is 0 Å². The summed E-state index contributed by atoms with van der Waals surface area (Å²) < 4.78 is 17.3. The number of aliphatic hydroxyl groups is 1. The van der Waals surface area contributed by atoms with Crippen LogP contribution in [0.25, 0.3) is 0 Å². The molecule has 0 aliphatic rings. The second kappa shape index (κ2) is 12.0. The maximum absolute atomic E-state index is 11.8. The first-order valence-corrected chi connectivity index (χ1v) is 9.86. The molecular weight excluding hydrogens is 380 g/mol. The number of ether oxygens (including phenoxy) is 3. The minimum Gasteiger partial charge on any atom is -0.366 e. The first-order valence-electron chi connectivity index (χ1n) is 9.86. The number of rotatable bonds is 12. The summed E-state index contributed by atoms with van der Waals surface area (Å²) in [5, 5.41) is 10.7. The van der Waals surface area contributed by atoms with Crippen LogP contribution in [0.5, 0.6) is 0 Å². The number of carbonyl (C=O) groups excluding carboxylic acids is 1. The van der Waals surface area contributed by atoms with Crippen molar-refractivity contribution in [3.63, 3.8) is 0 Å². The topological polar surface area (TPSA) is 65.0 Å². The van der Waals surface area contributed by atoms with Gasteiger partial charge in [-0.1, -0.05) is 91.0 Å². The van der Waals surface area contributed by atoms with Crippen LogP contribution in [-0.4, -0.2) is 29.9 Å². The SMILES string of the molecule is O=C[C@@H](OCc1ccccc1)[C@@H](OCc1ccccc1)[C@H](O)OCc1ccccc1. The fourth-order valence-corrected chi connectivity index (χ4v) is 2.94. The summed E-state index contributed by atoms with van der Waals surface area (Å²) in [6.45, 7) is 0.634. The van der Waals surface area contributed by atoms with Crippen LogP contribution in [0.15, 0.2) is 91.0 Å². The van der Waals surface area contributed by atoms with Crippen molar-refractivity contribution in [2.45, 2.75) is 38.3 Å². The van der Waals surface area contributed by atoms with Crippen molar-refractivity contribution < 1.29 is 24.1 Å². The van der Waals surface area contributed by atoms with Crippen LogP contribution >= 0.6 is 0 Å². The van der Waals surface area contributed by atoms with Crippen LogP contribution in [0, 0.1) is 0 Å². The zero-order valence-electron chi connectivity index (χ0n) is 16.7. The molecule has 3 rings (SSSR count). The molecule has 5 nitrogen and oxygen atoms in total. The zero-order chi connectivity index (χ0) is 21.0. The molecule has 0 fully saturated rings. The van der Waals surface area contributed by atoms with E-state index < -0.39 is 18.5 Å². The maximum atomic E-state index is 11.8. The van der Waals surface area contributed by atoms with Gasteiger partial charge in [-0.3, -0.25) is 0 Å². The molecule has 0 saturated heterocycles. The van der Waals surface area contributed by atoms with E-state index in [2.05, 4.69) is 0 Å². The molecule has 0 saturated carbocycles. The standard InChI is InChI=1S/C25H26O5/c26-16-23(28-17-20-10-4-1-5-11-20)24(29-18-21-12-6-2-7-13-21)25(27)30-19-22-14-8-3-9-15-22/h1-16,23-25,27H,17-19H2/t23-,24-,25-/m1/s1. The van der Waals surface area contributed by atoms with Gasteiger partial charge in [0.25, 0.3) is 0 Å². The summed E-state index contributed by atoms with van der Waals surface area (Å²) in [5.41, 5.74) is 2.75. The number of benzene rings is 3. The Labute approximate surface area is 176 Å². The van der Waals surface area contributed by atoms with Gasteiger partial charge in [0.2, 0.25) is 0 Å². The van der Waals surface area contributed by atoms with Gasteiger partial charge in [0, 0.05) is 0 Å². The Balaban J connectivity index is 1.66. The smallest absolute Gasteiger partial charge is 0.184 e. The molecule has 0 heterocycles. The van der Waals surface area contributed by atoms with Gasteiger partial charge in [0.05, 0.1) is 19.8 Å². The van der Waals surface area contributed by atoms with E-state index in [1.807, 2.05) is 91.0 Å². The molecule has 0 aliphatic carbocycles. The summed E-state index contributed by atoms with van der Waals surface area (Å²) in [4.78, 5) is 11.8. The van der Waals surface area contributed by atoms with E-state index >= 15 is 0 Å². The van der Waals surface area contributed by atoms with Gasteiger partial charge < -0.3 is 24.1 Å². The van der Waals surface area contributed by atoms with Crippen molar-refractivity contribution in [3.8, 4) is 0 Å². The number of carbonyl (C=O) groups is 1. The normalized spacial score (nSPS) is 14.0. The fourth-order valence-electron chi connectivity index (χ4n) is 2.94. The Morgan fingerprint density at radius 3 is 1.47 bits per heavy atom. The van der Waals surface area contributed by atoms with Crippen molar-refractivity contribution >= 4 is 6.29 Å². The van der Waals surface area contributed by atoms with E-state index in [1.165, 1.54) is 0 Å². The number of aliphatic hydroxyl groups excluding tert-OH is 1. The fraction of sp³-hybridized carbons (Fsp3) is 0.240. The monoisotopic (exact) mass is 406 g/mol. The Bertz CT molecular complexity index is 854. The van der Waals surface area contributed by atoms with E-state index in [1.54, 1.807) is 0 Å². The number of hydrogen-bond donors (Lipinski definition) is 1. The molecular formula is C25H26O5. The van der Waals surface area contributed by atoms with E-state index in [4.69, 9.17) is 14.2 Å². The van der Waals surface area contributed by atoms with Crippen LogP contribution in [0.1, 0.15) is 16.7 Å². The molecule has 1 N–H and O–H groups in total. The molecule has 30 heavy (non-hydrogen) atoms. The first kappa shape index (κ1) is 21.9. The van der Waals surface area contributed by atoms with E-state index in [0.29, 0.717) is 6.29 Å². The van der Waals surface area contributed by atoms with Gasteiger partial charge >= 0.3 is 0 Å². The summed E-state index contributed by atoms with van der Waals surface area (Å²) in [6.07, 6.45) is -2.65. The zero-order valence-corrected chi connectivity index (χ0v) is 16.7. The molecule has 0 amide bonds. The number of aldehydes is 1. The number of hydrogen-bond acceptors (Lipinski definition) is 5. The molecule has 0 spiro atoms. The first-order chi connectivity index (χ1) is 14.8. The molecule has 3 atom stereocenters. The minimum atomic E-state index is -1.33. The molecule has 3 aromatic rings. The molecule has 0 unspecified atom stereocenters. The second-order valence-corrected chi connectivity index (χ2v) is 6.85. The van der Waals surface area contributed by atoms with Crippen molar-refractivity contribution in [2.75, 3.05) is 0 Å². The van der Waals surface area contributed by atoms with Crippen LogP contribution in [0.4, 0.5) is 0 Å². The van der Waals surface area contributed by atoms with E-state index in [9.17, 15) is 9.90 Å². The lowest BCUT2D eigenvalue weighted by molar-refractivity contribution is -0.219. The van der Waals surface area contributed by atoms with Gasteiger partial charge in [0.15, 0.2) is 12.6 Å². The summed E-state index contributed by atoms with van der Waals surface area (Å²) in [6, 6.07) is 28.6. The van der Waals surface area contributed by atoms with Crippen molar-refractivity contribution in [1.82, 2.24) is 0 Å². The average Bonchev–Trinajstić information content (AvgIpc) is 2.81. The summed E-state index contributed by atoms with van der Waals surface area (Å²) >= 11 is 0. The van der Waals surface area contributed by atoms with Crippen LogP contribution < -0.4 is 0 Å². The lowest BCUT2D eigenvalue weighted by Gasteiger charge is -2.28. The third-order valence-corrected chi connectivity index (χ3v) is 4.57. The van der Waals surface area contributed by atoms with Crippen LogP contribution in [-0.2, 0) is 38.8 Å². The lowest BCUT2D eigenvalue weighted by atomic mass is 10.2. The average molecular weight is 406 g/mol. The van der Waals surface area contributed by atoms with Crippen molar-refractivity contribution in [2.24, 2.45) is 0 Å². The molecule has 0 radical (unpaired) electrons. The second-order valence-electron chi connectivity index (χ2n) is 6.85. The van der Waals surface area contributed by atoms with Crippen molar-refractivity contribution in [1.29, 1.82) is 0 Å². The predicted octanol–water partition coefficient (Wildman–Crippen LogP) is 3.89. The van der Waals surface area contributed by atoms with Crippen molar-refractivity contribution in [3.05, 3.63) is 108 Å². The largest absolute Gasteiger partial charge is 0.366 e. The van der Waals surface area contributed by atoms with Gasteiger partial charge in [-0.15, -0.1) is 0 Å². The van der Waals surface area contributed by atoms with E-state index in [-0.39, 0.29) is 19.8 Å². The Kier molecular flexibility index (Phi) is 8.75. The van der Waals surface area contributed by atoms with Gasteiger partial charge in [-0.25, -0.2) is 0 Å². The Hall–Kier alpha value is -2.83. The highest BCUT2D eigenvalue weighted by molar-refractivity contribution is 5.57.